The van der Waals surface area contributed by atoms with Crippen molar-refractivity contribution in [3.63, 3.8) is 0 Å². The summed E-state index contributed by atoms with van der Waals surface area (Å²) in [7, 11) is 1.59. The van der Waals surface area contributed by atoms with Gasteiger partial charge in [-0.25, -0.2) is 5.32 Å². The summed E-state index contributed by atoms with van der Waals surface area (Å²) in [5, 5.41) is 18.3. The van der Waals surface area contributed by atoms with Gasteiger partial charge >= 0.3 is 0 Å². The van der Waals surface area contributed by atoms with Gasteiger partial charge in [-0.1, -0.05) is 17.7 Å². The molecule has 0 amide bonds. The van der Waals surface area contributed by atoms with E-state index in [1.807, 2.05) is 18.2 Å². The third-order valence-electron chi connectivity index (χ3n) is 3.20. The number of piperidine rings is 1. The van der Waals surface area contributed by atoms with Crippen LogP contribution in [0.15, 0.2) is 18.2 Å². The number of hydrogen-bond donors (Lipinski definition) is 2. The molecule has 1 heterocycles. The highest BCUT2D eigenvalue weighted by Gasteiger charge is 2.28. The minimum atomic E-state index is -0.797. The Bertz CT molecular complexity index is 406. The first-order valence-electron chi connectivity index (χ1n) is 6.06. The molecule has 1 fully saturated rings. The fourth-order valence-electron chi connectivity index (χ4n) is 2.03. The van der Waals surface area contributed by atoms with Crippen molar-refractivity contribution in [1.29, 1.82) is 0 Å². The molecule has 2 N–H and O–H groups in total. The second-order valence-corrected chi connectivity index (χ2v) is 4.93. The maximum atomic E-state index is 10.3. The molecule has 18 heavy (non-hydrogen) atoms. The molecular weight excluding hydrogens is 252 g/mol. The summed E-state index contributed by atoms with van der Waals surface area (Å²) in [6.07, 6.45) is 1.33. The fourth-order valence-corrected chi connectivity index (χ4v) is 2.31. The van der Waals surface area contributed by atoms with Crippen molar-refractivity contribution in [1.82, 2.24) is 10.6 Å². The van der Waals surface area contributed by atoms with Gasteiger partial charge in [-0.2, -0.15) is 0 Å². The van der Waals surface area contributed by atoms with Crippen LogP contribution in [-0.2, 0) is 6.54 Å². The van der Waals surface area contributed by atoms with E-state index in [1.54, 1.807) is 7.11 Å². The zero-order chi connectivity index (χ0) is 13.0. The van der Waals surface area contributed by atoms with Gasteiger partial charge in [0, 0.05) is 32.5 Å². The number of benzene rings is 1. The number of methoxy groups -OCH3 is 1. The van der Waals surface area contributed by atoms with Crippen LogP contribution in [0.5, 0.6) is 5.75 Å². The van der Waals surface area contributed by atoms with Gasteiger partial charge in [0.05, 0.1) is 12.1 Å². The standard InChI is InChI=1S/C13H18ClN2O2/c1-18-12-3-2-10(8-11(12)14)9-16-13(17)4-6-15-7-5-13/h2-3,8,16-17H,4-7,9H2,1H3. The lowest BCUT2D eigenvalue weighted by molar-refractivity contribution is -0.0243. The van der Waals surface area contributed by atoms with E-state index in [9.17, 15) is 5.11 Å². The van der Waals surface area contributed by atoms with E-state index in [-0.39, 0.29) is 0 Å². The van der Waals surface area contributed by atoms with Crippen LogP contribution in [0.3, 0.4) is 0 Å². The molecule has 0 bridgehead atoms. The Morgan fingerprint density at radius 1 is 1.44 bits per heavy atom. The quantitative estimate of drug-likeness (QED) is 0.815. The Labute approximate surface area is 112 Å². The average Bonchev–Trinajstić information content (AvgIpc) is 2.38. The van der Waals surface area contributed by atoms with Gasteiger partial charge in [-0.15, -0.1) is 0 Å². The molecule has 1 aromatic rings. The van der Waals surface area contributed by atoms with Crippen molar-refractivity contribution >= 4 is 11.6 Å². The van der Waals surface area contributed by atoms with Crippen LogP contribution in [0.25, 0.3) is 0 Å². The number of nitrogens with zero attached hydrogens (tertiary/aromatic N) is 1. The van der Waals surface area contributed by atoms with E-state index in [4.69, 9.17) is 16.3 Å². The van der Waals surface area contributed by atoms with Crippen molar-refractivity contribution in [3.8, 4) is 5.75 Å². The number of hydrogen-bond acceptors (Lipinski definition) is 3. The highest BCUT2D eigenvalue weighted by Crippen LogP contribution is 2.25. The van der Waals surface area contributed by atoms with E-state index in [1.165, 1.54) is 0 Å². The minimum absolute atomic E-state index is 0.584. The van der Waals surface area contributed by atoms with Gasteiger partial charge in [-0.3, -0.25) is 5.32 Å². The van der Waals surface area contributed by atoms with Crippen LogP contribution in [0.1, 0.15) is 18.4 Å². The Hall–Kier alpha value is -0.810. The average molecular weight is 270 g/mol. The highest BCUT2D eigenvalue weighted by atomic mass is 35.5. The predicted octanol–water partition coefficient (Wildman–Crippen LogP) is 1.52. The molecule has 4 nitrogen and oxygen atoms in total. The van der Waals surface area contributed by atoms with Crippen molar-refractivity contribution in [2.24, 2.45) is 0 Å². The molecule has 99 valence electrons. The molecule has 0 unspecified atom stereocenters. The van der Waals surface area contributed by atoms with Gasteiger partial charge < -0.3 is 9.84 Å². The van der Waals surface area contributed by atoms with Gasteiger partial charge in [0.15, 0.2) is 0 Å². The monoisotopic (exact) mass is 269 g/mol. The zero-order valence-corrected chi connectivity index (χ0v) is 11.2. The van der Waals surface area contributed by atoms with Crippen molar-refractivity contribution < 1.29 is 9.84 Å². The van der Waals surface area contributed by atoms with Crippen molar-refractivity contribution in [3.05, 3.63) is 28.8 Å². The van der Waals surface area contributed by atoms with Crippen LogP contribution in [0.2, 0.25) is 5.02 Å². The largest absolute Gasteiger partial charge is 0.495 e. The Morgan fingerprint density at radius 2 is 2.17 bits per heavy atom. The first kappa shape index (κ1) is 13.6. The van der Waals surface area contributed by atoms with Crippen LogP contribution < -0.4 is 15.4 Å². The fraction of sp³-hybridized carbons (Fsp3) is 0.538. The second-order valence-electron chi connectivity index (χ2n) is 4.52. The molecular formula is C13H18ClN2O2. The SMILES string of the molecule is COc1ccc(CNC2(O)CC[N]CC2)cc1Cl. The maximum Gasteiger partial charge on any atom is 0.137 e. The van der Waals surface area contributed by atoms with Crippen LogP contribution >= 0.6 is 11.6 Å². The Morgan fingerprint density at radius 3 is 2.78 bits per heavy atom. The lowest BCUT2D eigenvalue weighted by atomic mass is 10.0. The van der Waals surface area contributed by atoms with Gasteiger partial charge in [-0.05, 0) is 17.7 Å². The molecule has 5 heteroatoms. The maximum absolute atomic E-state index is 10.3. The molecule has 2 rings (SSSR count). The minimum Gasteiger partial charge on any atom is -0.495 e. The number of aliphatic hydroxyl groups is 1. The van der Waals surface area contributed by atoms with E-state index < -0.39 is 5.72 Å². The lowest BCUT2D eigenvalue weighted by Gasteiger charge is -2.32. The predicted molar refractivity (Wildman–Crippen MR) is 70.9 cm³/mol. The zero-order valence-electron chi connectivity index (χ0n) is 10.4. The number of ether oxygens (including phenoxy) is 1. The molecule has 1 saturated heterocycles. The molecule has 0 atom stereocenters. The molecule has 0 spiro atoms. The molecule has 1 aromatic carbocycles. The molecule has 0 aliphatic carbocycles. The summed E-state index contributed by atoms with van der Waals surface area (Å²) in [5.41, 5.74) is 0.227. The first-order valence-corrected chi connectivity index (χ1v) is 6.44. The van der Waals surface area contributed by atoms with Crippen molar-refractivity contribution in [2.45, 2.75) is 25.1 Å². The summed E-state index contributed by atoms with van der Waals surface area (Å²) in [6.45, 7) is 2.01. The topological polar surface area (TPSA) is 55.6 Å². The Kier molecular flexibility index (Phi) is 4.45. The number of nitrogens with one attached hydrogen (secondary N) is 1. The van der Waals surface area contributed by atoms with Crippen molar-refractivity contribution in [2.75, 3.05) is 20.2 Å². The smallest absolute Gasteiger partial charge is 0.137 e. The van der Waals surface area contributed by atoms with Gasteiger partial charge in [0.1, 0.15) is 11.5 Å². The van der Waals surface area contributed by atoms with Crippen LogP contribution in [-0.4, -0.2) is 31.0 Å². The summed E-state index contributed by atoms with van der Waals surface area (Å²) in [6, 6.07) is 5.62. The number of halogens is 1. The summed E-state index contributed by atoms with van der Waals surface area (Å²) < 4.78 is 5.10. The van der Waals surface area contributed by atoms with E-state index in [2.05, 4.69) is 10.6 Å². The number of rotatable bonds is 4. The van der Waals surface area contributed by atoms with Crippen LogP contribution in [0.4, 0.5) is 0 Å². The van der Waals surface area contributed by atoms with E-state index >= 15 is 0 Å². The first-order chi connectivity index (χ1) is 8.63. The summed E-state index contributed by atoms with van der Waals surface area (Å²) in [4.78, 5) is 0. The molecule has 0 saturated carbocycles. The summed E-state index contributed by atoms with van der Waals surface area (Å²) in [5.74, 6) is 0.663. The van der Waals surface area contributed by atoms with Crippen LogP contribution in [0, 0.1) is 0 Å². The summed E-state index contributed by atoms with van der Waals surface area (Å²) >= 11 is 6.06. The molecule has 1 aliphatic heterocycles. The third-order valence-corrected chi connectivity index (χ3v) is 3.50. The second kappa shape index (κ2) is 5.89. The van der Waals surface area contributed by atoms with Gasteiger partial charge in [0.2, 0.25) is 0 Å². The van der Waals surface area contributed by atoms with E-state index in [0.717, 1.165) is 5.56 Å². The molecule has 0 aromatic heterocycles. The van der Waals surface area contributed by atoms with Gasteiger partial charge in [0.25, 0.3) is 0 Å². The third kappa shape index (κ3) is 3.36. The Balaban J connectivity index is 1.95. The molecule has 1 aliphatic rings. The highest BCUT2D eigenvalue weighted by molar-refractivity contribution is 6.32. The normalized spacial score (nSPS) is 18.6. The lowest BCUT2D eigenvalue weighted by Crippen LogP contribution is -2.50. The molecule has 1 radical (unpaired) electrons. The van der Waals surface area contributed by atoms with E-state index in [0.29, 0.717) is 43.2 Å².